The molecular formula is C14H15BrFN3O2S. The standard InChI is InChI=1S/C14H15BrFN3O2S/c1-17-22(20,21)12-3-5-14(19-9-12)18-7-6-10-8-11(15)2-4-13(10)16/h2-5,8-9,17H,6-7H2,1H3,(H,18,19). The van der Waals surface area contributed by atoms with Gasteiger partial charge in [0.15, 0.2) is 0 Å². The second-order valence-electron chi connectivity index (χ2n) is 4.50. The minimum atomic E-state index is -3.48. The van der Waals surface area contributed by atoms with E-state index in [1.807, 2.05) is 0 Å². The number of rotatable bonds is 6. The fourth-order valence-electron chi connectivity index (χ4n) is 1.82. The maximum atomic E-state index is 13.6. The molecule has 118 valence electrons. The highest BCUT2D eigenvalue weighted by atomic mass is 79.9. The summed E-state index contributed by atoms with van der Waals surface area (Å²) >= 11 is 3.30. The molecule has 0 saturated carbocycles. The lowest BCUT2D eigenvalue weighted by Crippen LogP contribution is -2.18. The predicted molar refractivity (Wildman–Crippen MR) is 86.8 cm³/mol. The first kappa shape index (κ1) is 16.9. The number of halogens is 2. The Labute approximate surface area is 137 Å². The number of aromatic nitrogens is 1. The molecule has 22 heavy (non-hydrogen) atoms. The van der Waals surface area contributed by atoms with Crippen LogP contribution in [-0.4, -0.2) is 27.0 Å². The van der Waals surface area contributed by atoms with Crippen molar-refractivity contribution in [1.29, 1.82) is 0 Å². The van der Waals surface area contributed by atoms with Crippen LogP contribution in [-0.2, 0) is 16.4 Å². The van der Waals surface area contributed by atoms with Gasteiger partial charge in [-0.1, -0.05) is 15.9 Å². The van der Waals surface area contributed by atoms with Crippen molar-refractivity contribution in [2.45, 2.75) is 11.3 Å². The average Bonchev–Trinajstić information content (AvgIpc) is 2.51. The zero-order chi connectivity index (χ0) is 16.2. The van der Waals surface area contributed by atoms with Gasteiger partial charge in [-0.05, 0) is 49.4 Å². The van der Waals surface area contributed by atoms with Crippen molar-refractivity contribution in [3.8, 4) is 0 Å². The molecule has 0 unspecified atom stereocenters. The van der Waals surface area contributed by atoms with Crippen molar-refractivity contribution in [2.75, 3.05) is 18.9 Å². The van der Waals surface area contributed by atoms with Crippen LogP contribution < -0.4 is 10.0 Å². The van der Waals surface area contributed by atoms with E-state index in [1.165, 1.54) is 25.4 Å². The summed E-state index contributed by atoms with van der Waals surface area (Å²) in [5.41, 5.74) is 0.594. The summed E-state index contributed by atoms with van der Waals surface area (Å²) < 4.78 is 39.7. The molecule has 0 aliphatic carbocycles. The molecule has 0 fully saturated rings. The number of anilines is 1. The average molecular weight is 388 g/mol. The molecule has 0 bridgehead atoms. The predicted octanol–water partition coefficient (Wildman–Crippen LogP) is 2.55. The molecular weight excluding hydrogens is 373 g/mol. The van der Waals surface area contributed by atoms with E-state index in [0.717, 1.165) is 4.47 Å². The quantitative estimate of drug-likeness (QED) is 0.798. The number of nitrogens with zero attached hydrogens (tertiary/aromatic N) is 1. The van der Waals surface area contributed by atoms with Crippen LogP contribution in [0.5, 0.6) is 0 Å². The fourth-order valence-corrected chi connectivity index (χ4v) is 2.90. The van der Waals surface area contributed by atoms with Gasteiger partial charge in [-0.15, -0.1) is 0 Å². The summed E-state index contributed by atoms with van der Waals surface area (Å²) in [4.78, 5) is 4.13. The minimum absolute atomic E-state index is 0.0959. The van der Waals surface area contributed by atoms with E-state index in [1.54, 1.807) is 18.2 Å². The van der Waals surface area contributed by atoms with Crippen LogP contribution in [0.2, 0.25) is 0 Å². The molecule has 0 atom stereocenters. The number of sulfonamides is 1. The second kappa shape index (κ2) is 7.17. The third kappa shape index (κ3) is 4.25. The summed E-state index contributed by atoms with van der Waals surface area (Å²) in [6, 6.07) is 7.82. The van der Waals surface area contributed by atoms with Crippen molar-refractivity contribution in [1.82, 2.24) is 9.71 Å². The van der Waals surface area contributed by atoms with E-state index in [-0.39, 0.29) is 10.7 Å². The third-order valence-corrected chi connectivity index (χ3v) is 4.92. The van der Waals surface area contributed by atoms with Crippen LogP contribution in [0.3, 0.4) is 0 Å². The van der Waals surface area contributed by atoms with Gasteiger partial charge >= 0.3 is 0 Å². The molecule has 2 rings (SSSR count). The summed E-state index contributed by atoms with van der Waals surface area (Å²) in [6.45, 7) is 0.485. The fraction of sp³-hybridized carbons (Fsp3) is 0.214. The highest BCUT2D eigenvalue weighted by Crippen LogP contribution is 2.16. The Hall–Kier alpha value is -1.51. The van der Waals surface area contributed by atoms with E-state index in [4.69, 9.17) is 0 Å². The first-order chi connectivity index (χ1) is 10.4. The normalized spacial score (nSPS) is 11.4. The van der Waals surface area contributed by atoms with Gasteiger partial charge in [0.05, 0.1) is 0 Å². The number of hydrogen-bond donors (Lipinski definition) is 2. The Morgan fingerprint density at radius 3 is 2.68 bits per heavy atom. The molecule has 1 aromatic heterocycles. The zero-order valence-corrected chi connectivity index (χ0v) is 14.2. The molecule has 0 amide bonds. The molecule has 1 heterocycles. The number of nitrogens with one attached hydrogen (secondary N) is 2. The van der Waals surface area contributed by atoms with E-state index < -0.39 is 10.0 Å². The van der Waals surface area contributed by atoms with Gasteiger partial charge in [0.1, 0.15) is 16.5 Å². The van der Waals surface area contributed by atoms with E-state index in [0.29, 0.717) is 24.3 Å². The van der Waals surface area contributed by atoms with Crippen molar-refractivity contribution in [3.05, 3.63) is 52.4 Å². The molecule has 0 aliphatic rings. The monoisotopic (exact) mass is 387 g/mol. The summed E-state index contributed by atoms with van der Waals surface area (Å²) in [6.07, 6.45) is 1.76. The summed E-state index contributed by atoms with van der Waals surface area (Å²) in [5, 5.41) is 3.03. The van der Waals surface area contributed by atoms with Gasteiger partial charge in [0.2, 0.25) is 10.0 Å². The maximum absolute atomic E-state index is 13.6. The van der Waals surface area contributed by atoms with Crippen LogP contribution in [0.4, 0.5) is 10.2 Å². The molecule has 0 radical (unpaired) electrons. The summed E-state index contributed by atoms with van der Waals surface area (Å²) in [5.74, 6) is 0.277. The lowest BCUT2D eigenvalue weighted by Gasteiger charge is -2.08. The lowest BCUT2D eigenvalue weighted by atomic mass is 10.1. The van der Waals surface area contributed by atoms with Crippen LogP contribution in [0.1, 0.15) is 5.56 Å². The van der Waals surface area contributed by atoms with E-state index in [9.17, 15) is 12.8 Å². The van der Waals surface area contributed by atoms with E-state index >= 15 is 0 Å². The maximum Gasteiger partial charge on any atom is 0.241 e. The Morgan fingerprint density at radius 1 is 1.27 bits per heavy atom. The number of hydrogen-bond acceptors (Lipinski definition) is 4. The topological polar surface area (TPSA) is 71.1 Å². The molecule has 0 saturated heterocycles. The van der Waals surface area contributed by atoms with Crippen LogP contribution >= 0.6 is 15.9 Å². The first-order valence-corrected chi connectivity index (χ1v) is 8.77. The molecule has 2 aromatic rings. The van der Waals surface area contributed by atoms with Gasteiger partial charge in [-0.25, -0.2) is 22.5 Å². The molecule has 1 aromatic carbocycles. The molecule has 5 nitrogen and oxygen atoms in total. The smallest absolute Gasteiger partial charge is 0.241 e. The van der Waals surface area contributed by atoms with Crippen molar-refractivity contribution in [2.24, 2.45) is 0 Å². The van der Waals surface area contributed by atoms with Crippen molar-refractivity contribution < 1.29 is 12.8 Å². The van der Waals surface area contributed by atoms with Gasteiger partial charge in [0.25, 0.3) is 0 Å². The Balaban J connectivity index is 1.96. The third-order valence-electron chi connectivity index (χ3n) is 3.02. The van der Waals surface area contributed by atoms with Gasteiger partial charge < -0.3 is 5.32 Å². The Bertz CT molecular complexity index is 751. The highest BCUT2D eigenvalue weighted by Gasteiger charge is 2.11. The molecule has 0 aliphatic heterocycles. The zero-order valence-electron chi connectivity index (χ0n) is 11.8. The van der Waals surface area contributed by atoms with E-state index in [2.05, 4.69) is 31.0 Å². The van der Waals surface area contributed by atoms with Crippen LogP contribution in [0, 0.1) is 5.82 Å². The Morgan fingerprint density at radius 2 is 2.05 bits per heavy atom. The Kier molecular flexibility index (Phi) is 5.49. The first-order valence-electron chi connectivity index (χ1n) is 6.50. The van der Waals surface area contributed by atoms with Gasteiger partial charge in [0, 0.05) is 17.2 Å². The molecule has 8 heteroatoms. The lowest BCUT2D eigenvalue weighted by molar-refractivity contribution is 0.588. The van der Waals surface area contributed by atoms with Gasteiger partial charge in [-0.3, -0.25) is 0 Å². The molecule has 0 spiro atoms. The van der Waals surface area contributed by atoms with Crippen LogP contribution in [0.25, 0.3) is 0 Å². The van der Waals surface area contributed by atoms with Crippen molar-refractivity contribution in [3.63, 3.8) is 0 Å². The SMILES string of the molecule is CNS(=O)(=O)c1ccc(NCCc2cc(Br)ccc2F)nc1. The van der Waals surface area contributed by atoms with Crippen LogP contribution in [0.15, 0.2) is 45.9 Å². The number of pyridine rings is 1. The minimum Gasteiger partial charge on any atom is -0.370 e. The molecule has 2 N–H and O–H groups in total. The largest absolute Gasteiger partial charge is 0.370 e. The number of benzene rings is 1. The highest BCUT2D eigenvalue weighted by molar-refractivity contribution is 9.10. The van der Waals surface area contributed by atoms with Crippen molar-refractivity contribution >= 4 is 31.8 Å². The van der Waals surface area contributed by atoms with Gasteiger partial charge in [-0.2, -0.15) is 0 Å². The summed E-state index contributed by atoms with van der Waals surface area (Å²) in [7, 11) is -2.14. The second-order valence-corrected chi connectivity index (χ2v) is 7.30.